The molecule has 0 atom stereocenters. The van der Waals surface area contributed by atoms with Crippen LogP contribution in [0, 0.1) is 0 Å². The molecule has 0 saturated carbocycles. The Bertz CT molecular complexity index is 1300. The Morgan fingerprint density at radius 1 is 0.893 bits per heavy atom. The van der Waals surface area contributed by atoms with Gasteiger partial charge in [-0.1, -0.05) is 41.9 Å². The Morgan fingerprint density at radius 3 is 2.57 bits per heavy atom. The molecule has 0 aliphatic carbocycles. The Labute approximate surface area is 164 Å². The van der Waals surface area contributed by atoms with E-state index in [4.69, 9.17) is 20.4 Å². The summed E-state index contributed by atoms with van der Waals surface area (Å²) in [5.41, 5.74) is 3.21. The maximum Gasteiger partial charge on any atom is 0.291 e. The minimum Gasteiger partial charge on any atom is -0.451 e. The summed E-state index contributed by atoms with van der Waals surface area (Å²) in [5.74, 6) is 0.352. The summed E-state index contributed by atoms with van der Waals surface area (Å²) < 4.78 is 11.4. The van der Waals surface area contributed by atoms with Crippen LogP contribution in [0.5, 0.6) is 0 Å². The van der Waals surface area contributed by atoms with Gasteiger partial charge in [-0.15, -0.1) is 0 Å². The van der Waals surface area contributed by atoms with Gasteiger partial charge in [-0.2, -0.15) is 0 Å². The van der Waals surface area contributed by atoms with Gasteiger partial charge in [0.05, 0.1) is 10.6 Å². The number of anilines is 1. The summed E-state index contributed by atoms with van der Waals surface area (Å²) in [5, 5.41) is 4.27. The fourth-order valence-electron chi connectivity index (χ4n) is 3.04. The van der Waals surface area contributed by atoms with E-state index in [0.717, 1.165) is 5.39 Å². The molecule has 0 bridgehead atoms. The highest BCUT2D eigenvalue weighted by Crippen LogP contribution is 2.31. The molecule has 0 aliphatic rings. The third-order valence-electron chi connectivity index (χ3n) is 4.40. The molecule has 6 heteroatoms. The number of carbonyl (C=O) groups excluding carboxylic acids is 1. The first-order valence-electron chi connectivity index (χ1n) is 8.63. The van der Waals surface area contributed by atoms with Gasteiger partial charge in [0, 0.05) is 11.1 Å². The second kappa shape index (κ2) is 6.55. The summed E-state index contributed by atoms with van der Waals surface area (Å²) in [6.45, 7) is 0. The van der Waals surface area contributed by atoms with Gasteiger partial charge in [0.15, 0.2) is 11.3 Å². The number of fused-ring (bicyclic) bond motifs is 2. The predicted octanol–water partition coefficient (Wildman–Crippen LogP) is 6.15. The molecule has 1 amide bonds. The number of nitrogens with zero attached hydrogens (tertiary/aromatic N) is 1. The zero-order chi connectivity index (χ0) is 19.1. The van der Waals surface area contributed by atoms with Crippen molar-refractivity contribution in [3.63, 3.8) is 0 Å². The average Bonchev–Trinajstić information content (AvgIpc) is 3.32. The van der Waals surface area contributed by atoms with Gasteiger partial charge in [-0.3, -0.25) is 4.79 Å². The van der Waals surface area contributed by atoms with Crippen LogP contribution in [-0.4, -0.2) is 10.9 Å². The number of oxazole rings is 1. The van der Waals surface area contributed by atoms with Crippen LogP contribution in [0.15, 0.2) is 81.6 Å². The molecule has 1 N–H and O–H groups in total. The van der Waals surface area contributed by atoms with Crippen LogP contribution in [0.2, 0.25) is 5.02 Å². The van der Waals surface area contributed by atoms with Crippen molar-refractivity contribution in [1.29, 1.82) is 0 Å². The van der Waals surface area contributed by atoms with Crippen molar-refractivity contribution in [3.05, 3.63) is 83.6 Å². The highest BCUT2D eigenvalue weighted by atomic mass is 35.5. The van der Waals surface area contributed by atoms with E-state index in [1.54, 1.807) is 30.3 Å². The lowest BCUT2D eigenvalue weighted by molar-refractivity contribution is 0.0998. The van der Waals surface area contributed by atoms with Crippen molar-refractivity contribution in [3.8, 4) is 11.5 Å². The molecule has 0 spiro atoms. The molecule has 3 aromatic carbocycles. The molecular weight excluding hydrogens is 376 g/mol. The Hall–Kier alpha value is -3.57. The normalized spacial score (nSPS) is 11.2. The quantitative estimate of drug-likeness (QED) is 0.402. The van der Waals surface area contributed by atoms with E-state index in [1.165, 1.54) is 0 Å². The van der Waals surface area contributed by atoms with Crippen LogP contribution in [0.4, 0.5) is 5.69 Å². The second-order valence-electron chi connectivity index (χ2n) is 6.28. The number of amides is 1. The van der Waals surface area contributed by atoms with Crippen LogP contribution >= 0.6 is 11.6 Å². The number of furan rings is 1. The smallest absolute Gasteiger partial charge is 0.291 e. The molecule has 28 heavy (non-hydrogen) atoms. The van der Waals surface area contributed by atoms with Gasteiger partial charge < -0.3 is 14.2 Å². The Balaban J connectivity index is 1.44. The van der Waals surface area contributed by atoms with Gasteiger partial charge in [0.25, 0.3) is 5.91 Å². The average molecular weight is 389 g/mol. The van der Waals surface area contributed by atoms with E-state index >= 15 is 0 Å². The molecule has 0 unspecified atom stereocenters. The summed E-state index contributed by atoms with van der Waals surface area (Å²) in [6.07, 6.45) is 0. The van der Waals surface area contributed by atoms with Crippen molar-refractivity contribution < 1.29 is 13.6 Å². The van der Waals surface area contributed by atoms with Gasteiger partial charge in [0.2, 0.25) is 5.89 Å². The molecule has 5 rings (SSSR count). The van der Waals surface area contributed by atoms with Gasteiger partial charge >= 0.3 is 0 Å². The van der Waals surface area contributed by atoms with E-state index in [0.29, 0.717) is 38.8 Å². The first kappa shape index (κ1) is 16.6. The summed E-state index contributed by atoms with van der Waals surface area (Å²) in [6, 6.07) is 21.8. The zero-order valence-corrected chi connectivity index (χ0v) is 15.2. The number of hydrogen-bond acceptors (Lipinski definition) is 4. The standard InChI is InChI=1S/C22H13ClN2O3/c23-16-7-3-2-6-15(16)22-25-17-12-14(9-10-19(17)28-22)24-21(26)20-11-13-5-1-4-8-18(13)27-20/h1-12H,(H,24,26). The Morgan fingerprint density at radius 2 is 1.71 bits per heavy atom. The number of carbonyl (C=O) groups is 1. The van der Waals surface area contributed by atoms with E-state index in [9.17, 15) is 4.79 Å². The third-order valence-corrected chi connectivity index (χ3v) is 4.73. The highest BCUT2D eigenvalue weighted by Gasteiger charge is 2.15. The third kappa shape index (κ3) is 2.92. The summed E-state index contributed by atoms with van der Waals surface area (Å²) >= 11 is 6.22. The lowest BCUT2D eigenvalue weighted by Crippen LogP contribution is -2.10. The van der Waals surface area contributed by atoms with Crippen LogP contribution < -0.4 is 5.32 Å². The van der Waals surface area contributed by atoms with Gasteiger partial charge in [-0.05, 0) is 42.5 Å². The molecule has 0 fully saturated rings. The zero-order valence-electron chi connectivity index (χ0n) is 14.5. The van der Waals surface area contributed by atoms with Crippen molar-refractivity contribution in [2.24, 2.45) is 0 Å². The number of nitrogens with one attached hydrogen (secondary N) is 1. The number of hydrogen-bond donors (Lipinski definition) is 1. The molecule has 5 nitrogen and oxygen atoms in total. The topological polar surface area (TPSA) is 68.3 Å². The lowest BCUT2D eigenvalue weighted by Gasteiger charge is -2.02. The number of aromatic nitrogens is 1. The number of para-hydroxylation sites is 1. The van der Waals surface area contributed by atoms with Gasteiger partial charge in [0.1, 0.15) is 11.1 Å². The monoisotopic (exact) mass is 388 g/mol. The first-order valence-corrected chi connectivity index (χ1v) is 9.00. The van der Waals surface area contributed by atoms with Crippen molar-refractivity contribution >= 4 is 45.3 Å². The number of benzene rings is 3. The van der Waals surface area contributed by atoms with Crippen molar-refractivity contribution in [2.75, 3.05) is 5.32 Å². The Kier molecular flexibility index (Phi) is 3.88. The SMILES string of the molecule is O=C(Nc1ccc2oc(-c3ccccc3Cl)nc2c1)c1cc2ccccc2o1. The van der Waals surface area contributed by atoms with Crippen LogP contribution in [0.1, 0.15) is 10.6 Å². The highest BCUT2D eigenvalue weighted by molar-refractivity contribution is 6.33. The predicted molar refractivity (Wildman–Crippen MR) is 109 cm³/mol. The molecular formula is C22H13ClN2O3. The largest absolute Gasteiger partial charge is 0.451 e. The fourth-order valence-corrected chi connectivity index (χ4v) is 3.26. The fraction of sp³-hybridized carbons (Fsp3) is 0. The molecule has 2 aromatic heterocycles. The van der Waals surface area contributed by atoms with E-state index < -0.39 is 0 Å². The van der Waals surface area contributed by atoms with Gasteiger partial charge in [-0.25, -0.2) is 4.98 Å². The van der Waals surface area contributed by atoms with Crippen molar-refractivity contribution in [2.45, 2.75) is 0 Å². The summed E-state index contributed by atoms with van der Waals surface area (Å²) in [4.78, 5) is 17.0. The van der Waals surface area contributed by atoms with E-state index in [-0.39, 0.29) is 11.7 Å². The molecule has 5 aromatic rings. The maximum atomic E-state index is 12.5. The molecule has 0 aliphatic heterocycles. The summed E-state index contributed by atoms with van der Waals surface area (Å²) in [7, 11) is 0. The first-order chi connectivity index (χ1) is 13.7. The maximum absolute atomic E-state index is 12.5. The van der Waals surface area contributed by atoms with E-state index in [2.05, 4.69) is 10.3 Å². The van der Waals surface area contributed by atoms with Crippen molar-refractivity contribution in [1.82, 2.24) is 4.98 Å². The molecule has 0 saturated heterocycles. The number of halogens is 1. The molecule has 2 heterocycles. The molecule has 0 radical (unpaired) electrons. The van der Waals surface area contributed by atoms with E-state index in [1.807, 2.05) is 42.5 Å². The van der Waals surface area contributed by atoms with Crippen LogP contribution in [0.3, 0.4) is 0 Å². The number of rotatable bonds is 3. The minimum absolute atomic E-state index is 0.248. The lowest BCUT2D eigenvalue weighted by atomic mass is 10.2. The second-order valence-corrected chi connectivity index (χ2v) is 6.69. The van der Waals surface area contributed by atoms with Crippen LogP contribution in [-0.2, 0) is 0 Å². The molecule has 136 valence electrons. The minimum atomic E-state index is -0.328. The van der Waals surface area contributed by atoms with Crippen LogP contribution in [0.25, 0.3) is 33.5 Å².